The first-order valence-electron chi connectivity index (χ1n) is 7.59. The van der Waals surface area contributed by atoms with Crippen LogP contribution in [0.1, 0.15) is 12.8 Å². The number of carbonyl (C=O) groups excluding carboxylic acids is 2. The molecule has 118 valence electrons. The summed E-state index contributed by atoms with van der Waals surface area (Å²) in [5, 5.41) is 5.61. The summed E-state index contributed by atoms with van der Waals surface area (Å²) < 4.78 is 5.38. The summed E-state index contributed by atoms with van der Waals surface area (Å²) >= 11 is 0. The highest BCUT2D eigenvalue weighted by Gasteiger charge is 2.29. The van der Waals surface area contributed by atoms with Crippen LogP contribution in [0.2, 0.25) is 0 Å². The minimum absolute atomic E-state index is 0.0514. The van der Waals surface area contributed by atoms with Crippen molar-refractivity contribution in [2.24, 2.45) is 5.92 Å². The van der Waals surface area contributed by atoms with Crippen LogP contribution in [-0.2, 0) is 9.59 Å². The van der Waals surface area contributed by atoms with Crippen molar-refractivity contribution in [2.45, 2.75) is 12.8 Å². The summed E-state index contributed by atoms with van der Waals surface area (Å²) in [6.07, 6.45) is 1.95. The molecule has 0 saturated heterocycles. The quantitative estimate of drug-likeness (QED) is 0.861. The molecule has 3 rings (SSSR count). The molecule has 1 aliphatic carbocycles. The van der Waals surface area contributed by atoms with E-state index < -0.39 is 0 Å². The van der Waals surface area contributed by atoms with Crippen LogP contribution in [0.25, 0.3) is 0 Å². The molecule has 0 heterocycles. The van der Waals surface area contributed by atoms with Crippen molar-refractivity contribution < 1.29 is 14.3 Å². The molecule has 0 spiro atoms. The van der Waals surface area contributed by atoms with Gasteiger partial charge in [-0.1, -0.05) is 18.2 Å². The lowest BCUT2D eigenvalue weighted by Crippen LogP contribution is -2.20. The molecule has 2 amide bonds. The molecule has 1 saturated carbocycles. The van der Waals surface area contributed by atoms with Gasteiger partial charge in [0.2, 0.25) is 5.91 Å². The molecule has 0 radical (unpaired) electrons. The summed E-state index contributed by atoms with van der Waals surface area (Å²) in [4.78, 5) is 23.5. The summed E-state index contributed by atoms with van der Waals surface area (Å²) in [5.74, 6) is 0.659. The Morgan fingerprint density at radius 1 is 0.913 bits per heavy atom. The van der Waals surface area contributed by atoms with Crippen LogP contribution in [0, 0.1) is 5.92 Å². The molecular weight excluding hydrogens is 292 g/mol. The minimum atomic E-state index is -0.233. The average molecular weight is 310 g/mol. The van der Waals surface area contributed by atoms with Gasteiger partial charge in [0.1, 0.15) is 5.75 Å². The zero-order chi connectivity index (χ0) is 16.1. The van der Waals surface area contributed by atoms with Crippen molar-refractivity contribution in [3.05, 3.63) is 54.6 Å². The number of hydrogen-bond acceptors (Lipinski definition) is 3. The molecule has 2 aromatic carbocycles. The standard InChI is InChI=1S/C18H18N2O3/c21-17(12-23-16-4-2-1-3-5-16)19-14-8-10-15(11-9-14)20-18(22)13-6-7-13/h1-5,8-11,13H,6-7,12H2,(H,19,21)(H,20,22). The number of para-hydroxylation sites is 1. The van der Waals surface area contributed by atoms with Crippen molar-refractivity contribution in [3.8, 4) is 5.75 Å². The van der Waals surface area contributed by atoms with Crippen LogP contribution in [0.5, 0.6) is 5.75 Å². The van der Waals surface area contributed by atoms with E-state index in [0.29, 0.717) is 11.4 Å². The lowest BCUT2D eigenvalue weighted by atomic mass is 10.2. The Kier molecular flexibility index (Phi) is 4.57. The maximum atomic E-state index is 11.8. The van der Waals surface area contributed by atoms with E-state index in [4.69, 9.17) is 4.74 Å². The Bertz CT molecular complexity index is 679. The van der Waals surface area contributed by atoms with Crippen LogP contribution in [-0.4, -0.2) is 18.4 Å². The summed E-state index contributed by atoms with van der Waals surface area (Å²) in [5.41, 5.74) is 1.40. The summed E-state index contributed by atoms with van der Waals surface area (Å²) in [6, 6.07) is 16.2. The average Bonchev–Trinajstić information content (AvgIpc) is 3.41. The molecule has 23 heavy (non-hydrogen) atoms. The third-order valence-electron chi connectivity index (χ3n) is 3.50. The highest BCUT2D eigenvalue weighted by Crippen LogP contribution is 2.30. The van der Waals surface area contributed by atoms with Crippen molar-refractivity contribution >= 4 is 23.2 Å². The number of nitrogens with one attached hydrogen (secondary N) is 2. The number of anilines is 2. The second-order valence-corrected chi connectivity index (χ2v) is 5.49. The predicted molar refractivity (Wildman–Crippen MR) is 88.4 cm³/mol. The largest absolute Gasteiger partial charge is 0.484 e. The smallest absolute Gasteiger partial charge is 0.262 e. The fourth-order valence-electron chi connectivity index (χ4n) is 2.09. The Balaban J connectivity index is 1.47. The molecular formula is C18H18N2O3. The first kappa shape index (κ1) is 15.1. The third-order valence-corrected chi connectivity index (χ3v) is 3.50. The number of rotatable bonds is 6. The van der Waals surface area contributed by atoms with Gasteiger partial charge in [-0.3, -0.25) is 9.59 Å². The van der Waals surface area contributed by atoms with Crippen molar-refractivity contribution in [2.75, 3.05) is 17.2 Å². The normalized spacial score (nSPS) is 13.2. The van der Waals surface area contributed by atoms with Crippen molar-refractivity contribution in [3.63, 3.8) is 0 Å². The fourth-order valence-corrected chi connectivity index (χ4v) is 2.09. The number of carbonyl (C=O) groups is 2. The van der Waals surface area contributed by atoms with E-state index in [2.05, 4.69) is 10.6 Å². The first-order chi connectivity index (χ1) is 11.2. The second-order valence-electron chi connectivity index (χ2n) is 5.49. The lowest BCUT2D eigenvalue weighted by molar-refractivity contribution is -0.118. The Morgan fingerprint density at radius 2 is 1.52 bits per heavy atom. The Hall–Kier alpha value is -2.82. The van der Waals surface area contributed by atoms with Crippen molar-refractivity contribution in [1.82, 2.24) is 0 Å². The van der Waals surface area contributed by atoms with Gasteiger partial charge in [-0.25, -0.2) is 0 Å². The van der Waals surface area contributed by atoms with Gasteiger partial charge in [0, 0.05) is 17.3 Å². The van der Waals surface area contributed by atoms with E-state index in [9.17, 15) is 9.59 Å². The molecule has 5 nitrogen and oxygen atoms in total. The van der Waals surface area contributed by atoms with Crippen LogP contribution in [0.4, 0.5) is 11.4 Å². The van der Waals surface area contributed by atoms with Gasteiger partial charge in [-0.05, 0) is 49.2 Å². The molecule has 0 atom stereocenters. The van der Waals surface area contributed by atoms with Crippen molar-refractivity contribution in [1.29, 1.82) is 0 Å². The van der Waals surface area contributed by atoms with Gasteiger partial charge in [0.25, 0.3) is 5.91 Å². The van der Waals surface area contributed by atoms with Crippen LogP contribution in [0.3, 0.4) is 0 Å². The summed E-state index contributed by atoms with van der Waals surface area (Å²) in [6.45, 7) is -0.0514. The fraction of sp³-hybridized carbons (Fsp3) is 0.222. The SMILES string of the molecule is O=C(COc1ccccc1)Nc1ccc(NC(=O)C2CC2)cc1. The molecule has 1 aliphatic rings. The number of ether oxygens (including phenoxy) is 1. The molecule has 1 fully saturated rings. The van der Waals surface area contributed by atoms with Crippen LogP contribution < -0.4 is 15.4 Å². The first-order valence-corrected chi connectivity index (χ1v) is 7.59. The zero-order valence-electron chi connectivity index (χ0n) is 12.6. The summed E-state index contributed by atoms with van der Waals surface area (Å²) in [7, 11) is 0. The van der Waals surface area contributed by atoms with Gasteiger partial charge in [-0.2, -0.15) is 0 Å². The van der Waals surface area contributed by atoms with E-state index in [1.165, 1.54) is 0 Å². The Labute approximate surface area is 134 Å². The molecule has 0 unspecified atom stereocenters. The molecule has 2 N–H and O–H groups in total. The van der Waals surface area contributed by atoms with Gasteiger partial charge in [-0.15, -0.1) is 0 Å². The topological polar surface area (TPSA) is 67.4 Å². The zero-order valence-corrected chi connectivity index (χ0v) is 12.6. The van der Waals surface area contributed by atoms with Gasteiger partial charge in [0.05, 0.1) is 0 Å². The third kappa shape index (κ3) is 4.57. The second kappa shape index (κ2) is 6.96. The lowest BCUT2D eigenvalue weighted by Gasteiger charge is -2.09. The predicted octanol–water partition coefficient (Wildman–Crippen LogP) is 3.05. The molecule has 2 aromatic rings. The number of amides is 2. The maximum absolute atomic E-state index is 11.8. The monoisotopic (exact) mass is 310 g/mol. The molecule has 0 aliphatic heterocycles. The highest BCUT2D eigenvalue weighted by atomic mass is 16.5. The molecule has 5 heteroatoms. The maximum Gasteiger partial charge on any atom is 0.262 e. The Morgan fingerprint density at radius 3 is 2.13 bits per heavy atom. The van der Waals surface area contributed by atoms with Crippen LogP contribution in [0.15, 0.2) is 54.6 Å². The van der Waals surface area contributed by atoms with E-state index in [1.54, 1.807) is 36.4 Å². The molecule has 0 aromatic heterocycles. The van der Waals surface area contributed by atoms with E-state index in [-0.39, 0.29) is 24.3 Å². The van der Waals surface area contributed by atoms with E-state index in [0.717, 1.165) is 18.5 Å². The minimum Gasteiger partial charge on any atom is -0.484 e. The van der Waals surface area contributed by atoms with Crippen LogP contribution >= 0.6 is 0 Å². The van der Waals surface area contributed by atoms with E-state index >= 15 is 0 Å². The highest BCUT2D eigenvalue weighted by molar-refractivity contribution is 5.95. The number of benzene rings is 2. The number of hydrogen-bond donors (Lipinski definition) is 2. The van der Waals surface area contributed by atoms with E-state index in [1.807, 2.05) is 18.2 Å². The van der Waals surface area contributed by atoms with Gasteiger partial charge < -0.3 is 15.4 Å². The van der Waals surface area contributed by atoms with Gasteiger partial charge in [0.15, 0.2) is 6.61 Å². The van der Waals surface area contributed by atoms with Gasteiger partial charge >= 0.3 is 0 Å². The molecule has 0 bridgehead atoms.